The van der Waals surface area contributed by atoms with Crippen molar-refractivity contribution in [2.45, 2.75) is 6.18 Å². The first-order chi connectivity index (χ1) is 9.23. The van der Waals surface area contributed by atoms with Crippen LogP contribution in [0, 0.1) is 0 Å². The van der Waals surface area contributed by atoms with E-state index in [2.05, 4.69) is 20.7 Å². The summed E-state index contributed by atoms with van der Waals surface area (Å²) in [7, 11) is 0. The number of ether oxygens (including phenoxy) is 1. The van der Waals surface area contributed by atoms with Crippen LogP contribution in [0.5, 0.6) is 0 Å². The largest absolute Gasteiger partial charge is 0.490 e. The van der Waals surface area contributed by atoms with Gasteiger partial charge in [-0.25, -0.2) is 9.59 Å². The standard InChI is InChI=1S/C12H8BrF3O4/c13-8(6-20-11(19)12(14,15)16)9(10(17)18)7-4-2-1-3-5-7/h1-5H,6H2,(H,17,18)/b9-8+. The molecule has 0 heterocycles. The van der Waals surface area contributed by atoms with Gasteiger partial charge < -0.3 is 9.84 Å². The summed E-state index contributed by atoms with van der Waals surface area (Å²) in [5.74, 6) is -3.74. The van der Waals surface area contributed by atoms with E-state index in [1.807, 2.05) is 0 Å². The molecule has 0 unspecified atom stereocenters. The fraction of sp³-hybridized carbons (Fsp3) is 0.167. The molecule has 4 nitrogen and oxygen atoms in total. The molecule has 0 fully saturated rings. The minimum atomic E-state index is -5.12. The Kier molecular flexibility index (Phi) is 5.32. The van der Waals surface area contributed by atoms with Crippen molar-refractivity contribution in [1.82, 2.24) is 0 Å². The van der Waals surface area contributed by atoms with Gasteiger partial charge in [0.05, 0.1) is 5.57 Å². The lowest BCUT2D eigenvalue weighted by atomic mass is 10.1. The van der Waals surface area contributed by atoms with Crippen LogP contribution in [0.25, 0.3) is 5.57 Å². The van der Waals surface area contributed by atoms with E-state index in [1.165, 1.54) is 12.1 Å². The van der Waals surface area contributed by atoms with Crippen molar-refractivity contribution in [3.05, 3.63) is 40.4 Å². The zero-order valence-corrected chi connectivity index (χ0v) is 11.4. The molecule has 0 radical (unpaired) electrons. The van der Waals surface area contributed by atoms with Gasteiger partial charge in [-0.15, -0.1) is 0 Å². The van der Waals surface area contributed by atoms with Crippen molar-refractivity contribution < 1.29 is 32.6 Å². The van der Waals surface area contributed by atoms with E-state index in [9.17, 15) is 22.8 Å². The summed E-state index contributed by atoms with van der Waals surface area (Å²) in [6, 6.07) is 7.73. The summed E-state index contributed by atoms with van der Waals surface area (Å²) in [4.78, 5) is 21.7. The quantitative estimate of drug-likeness (QED) is 0.668. The maximum absolute atomic E-state index is 12.0. The van der Waals surface area contributed by atoms with E-state index in [0.717, 1.165) is 0 Å². The molecule has 0 aromatic heterocycles. The highest BCUT2D eigenvalue weighted by Crippen LogP contribution is 2.24. The number of rotatable bonds is 4. The number of carboxylic acid groups (broad SMARTS) is 1. The number of alkyl halides is 3. The first-order valence-corrected chi connectivity index (χ1v) is 5.94. The lowest BCUT2D eigenvalue weighted by molar-refractivity contribution is -0.198. The summed E-state index contributed by atoms with van der Waals surface area (Å²) >= 11 is 2.83. The van der Waals surface area contributed by atoms with E-state index in [4.69, 9.17) is 5.11 Å². The Morgan fingerprint density at radius 1 is 1.20 bits per heavy atom. The normalized spacial score (nSPS) is 12.6. The van der Waals surface area contributed by atoms with Crippen LogP contribution in [0.4, 0.5) is 13.2 Å². The maximum Gasteiger partial charge on any atom is 0.490 e. The molecule has 1 aromatic rings. The molecular formula is C12H8BrF3O4. The molecule has 0 spiro atoms. The second-order valence-electron chi connectivity index (χ2n) is 3.52. The van der Waals surface area contributed by atoms with Crippen molar-refractivity contribution in [3.8, 4) is 0 Å². The molecule has 0 saturated carbocycles. The average molecular weight is 353 g/mol. The lowest BCUT2D eigenvalue weighted by Gasteiger charge is -2.09. The molecule has 0 aliphatic carbocycles. The van der Waals surface area contributed by atoms with E-state index in [1.54, 1.807) is 18.2 Å². The summed E-state index contributed by atoms with van der Waals surface area (Å²) in [6.07, 6.45) is -5.12. The predicted molar refractivity (Wildman–Crippen MR) is 66.9 cm³/mol. The fourth-order valence-electron chi connectivity index (χ4n) is 1.28. The summed E-state index contributed by atoms with van der Waals surface area (Å²) in [6.45, 7) is -0.825. The highest BCUT2D eigenvalue weighted by atomic mass is 79.9. The molecular weight excluding hydrogens is 345 g/mol. The van der Waals surface area contributed by atoms with Gasteiger partial charge in [-0.1, -0.05) is 46.3 Å². The summed E-state index contributed by atoms with van der Waals surface area (Å²) in [5.41, 5.74) is -0.00416. The SMILES string of the molecule is O=C(O)/C(=C(/Br)COC(=O)C(F)(F)F)c1ccccc1. The molecule has 0 bridgehead atoms. The lowest BCUT2D eigenvalue weighted by Crippen LogP contribution is -2.26. The van der Waals surface area contributed by atoms with Gasteiger partial charge in [-0.3, -0.25) is 0 Å². The first kappa shape index (κ1) is 16.2. The zero-order valence-electron chi connectivity index (χ0n) is 9.78. The Labute approximate surface area is 120 Å². The van der Waals surface area contributed by atoms with Crippen LogP contribution in [0.2, 0.25) is 0 Å². The number of esters is 1. The summed E-state index contributed by atoms with van der Waals surface area (Å²) in [5, 5.41) is 9.07. The van der Waals surface area contributed by atoms with Crippen molar-refractivity contribution in [3.63, 3.8) is 0 Å². The molecule has 0 atom stereocenters. The second-order valence-corrected chi connectivity index (χ2v) is 4.48. The first-order valence-electron chi connectivity index (χ1n) is 5.14. The van der Waals surface area contributed by atoms with Crippen LogP contribution < -0.4 is 0 Å². The van der Waals surface area contributed by atoms with Crippen LogP contribution in [0.15, 0.2) is 34.8 Å². The summed E-state index contributed by atoms with van der Waals surface area (Å²) < 4.78 is 39.7. The van der Waals surface area contributed by atoms with Crippen LogP contribution in [-0.4, -0.2) is 29.8 Å². The minimum absolute atomic E-state index is 0.172. The Hall–Kier alpha value is -1.83. The average Bonchev–Trinajstić information content (AvgIpc) is 2.35. The molecule has 0 amide bonds. The minimum Gasteiger partial charge on any atom is -0.478 e. The number of benzene rings is 1. The van der Waals surface area contributed by atoms with Gasteiger partial charge in [0.1, 0.15) is 6.61 Å². The van der Waals surface area contributed by atoms with Crippen LogP contribution >= 0.6 is 15.9 Å². The third-order valence-corrected chi connectivity index (χ3v) is 2.73. The van der Waals surface area contributed by atoms with Crippen molar-refractivity contribution in [2.24, 2.45) is 0 Å². The highest BCUT2D eigenvalue weighted by molar-refractivity contribution is 9.11. The van der Waals surface area contributed by atoms with Gasteiger partial charge in [-0.2, -0.15) is 13.2 Å². The van der Waals surface area contributed by atoms with Crippen molar-refractivity contribution in [1.29, 1.82) is 0 Å². The number of carboxylic acids is 1. The van der Waals surface area contributed by atoms with Gasteiger partial charge >= 0.3 is 18.1 Å². The number of carbonyl (C=O) groups is 2. The van der Waals surface area contributed by atoms with E-state index < -0.39 is 24.7 Å². The topological polar surface area (TPSA) is 63.6 Å². The Morgan fingerprint density at radius 2 is 1.75 bits per heavy atom. The Morgan fingerprint density at radius 3 is 2.20 bits per heavy atom. The van der Waals surface area contributed by atoms with Gasteiger partial charge in [0.2, 0.25) is 0 Å². The van der Waals surface area contributed by atoms with Crippen molar-refractivity contribution >= 4 is 33.4 Å². The van der Waals surface area contributed by atoms with E-state index in [0.29, 0.717) is 0 Å². The van der Waals surface area contributed by atoms with Crippen molar-refractivity contribution in [2.75, 3.05) is 6.61 Å². The van der Waals surface area contributed by atoms with Crippen LogP contribution in [0.1, 0.15) is 5.56 Å². The molecule has 0 saturated heterocycles. The van der Waals surface area contributed by atoms with Gasteiger partial charge in [0, 0.05) is 4.48 Å². The maximum atomic E-state index is 12.0. The number of halogens is 4. The van der Waals surface area contributed by atoms with Gasteiger partial charge in [0.15, 0.2) is 0 Å². The number of hydrogen-bond donors (Lipinski definition) is 1. The van der Waals surface area contributed by atoms with Gasteiger partial charge in [-0.05, 0) is 5.56 Å². The molecule has 8 heteroatoms. The molecule has 1 rings (SSSR count). The van der Waals surface area contributed by atoms with Crippen LogP contribution in [0.3, 0.4) is 0 Å². The van der Waals surface area contributed by atoms with Crippen LogP contribution in [-0.2, 0) is 14.3 Å². The van der Waals surface area contributed by atoms with Gasteiger partial charge in [0.25, 0.3) is 0 Å². The monoisotopic (exact) mass is 352 g/mol. The number of hydrogen-bond acceptors (Lipinski definition) is 3. The Bertz CT molecular complexity index is 537. The molecule has 0 aliphatic heterocycles. The Balaban J connectivity index is 2.95. The fourth-order valence-corrected chi connectivity index (χ4v) is 1.80. The highest BCUT2D eigenvalue weighted by Gasteiger charge is 2.41. The molecule has 20 heavy (non-hydrogen) atoms. The smallest absolute Gasteiger partial charge is 0.478 e. The second kappa shape index (κ2) is 6.56. The third kappa shape index (κ3) is 4.37. The number of carbonyl (C=O) groups excluding carboxylic acids is 1. The van der Waals surface area contributed by atoms with E-state index >= 15 is 0 Å². The predicted octanol–water partition coefficient (Wildman–Crippen LogP) is 2.98. The number of aliphatic carboxylic acids is 1. The molecule has 0 aliphatic rings. The molecule has 1 N–H and O–H groups in total. The van der Waals surface area contributed by atoms with E-state index in [-0.39, 0.29) is 15.6 Å². The third-order valence-electron chi connectivity index (χ3n) is 2.11. The zero-order chi connectivity index (χ0) is 15.3. The molecule has 1 aromatic carbocycles. The molecule has 108 valence electrons.